The second-order valence-corrected chi connectivity index (χ2v) is 7.26. The maximum Gasteiger partial charge on any atom is 0.178 e. The van der Waals surface area contributed by atoms with Crippen LogP contribution in [0.5, 0.6) is 0 Å². The molecular formula is C13H14ClFO3S. The molecule has 0 radical (unpaired) electrons. The number of Topliss-reactive ketones (excluding diaryl/α,β-unsaturated/α-hetero) is 1. The van der Waals surface area contributed by atoms with Crippen LogP contribution in [0.1, 0.15) is 25.7 Å². The molecule has 0 amide bonds. The molecule has 0 saturated heterocycles. The fraction of sp³-hybridized carbons (Fsp3) is 0.462. The van der Waals surface area contributed by atoms with Crippen molar-refractivity contribution in [2.75, 3.05) is 5.75 Å². The molecule has 19 heavy (non-hydrogen) atoms. The average molecular weight is 305 g/mol. The minimum Gasteiger partial charge on any atom is -0.299 e. The maximum atomic E-state index is 13.0. The van der Waals surface area contributed by atoms with Gasteiger partial charge >= 0.3 is 0 Å². The number of benzene rings is 1. The summed E-state index contributed by atoms with van der Waals surface area (Å²) in [6.07, 6.45) is 2.48. The Morgan fingerprint density at radius 3 is 2.68 bits per heavy atom. The minimum atomic E-state index is -3.51. The number of carbonyl (C=O) groups excluding carboxylic acids is 1. The summed E-state index contributed by atoms with van der Waals surface area (Å²) in [5, 5.41) is -0.210. The number of sulfone groups is 1. The highest BCUT2D eigenvalue weighted by Crippen LogP contribution is 2.27. The molecule has 0 bridgehead atoms. The van der Waals surface area contributed by atoms with E-state index in [9.17, 15) is 17.6 Å². The van der Waals surface area contributed by atoms with E-state index < -0.39 is 15.7 Å². The normalized spacial score (nSPS) is 19.9. The van der Waals surface area contributed by atoms with E-state index >= 15 is 0 Å². The van der Waals surface area contributed by atoms with Gasteiger partial charge in [0, 0.05) is 12.3 Å². The van der Waals surface area contributed by atoms with Gasteiger partial charge in [-0.05, 0) is 37.5 Å². The second kappa shape index (κ2) is 5.59. The summed E-state index contributed by atoms with van der Waals surface area (Å²) in [7, 11) is -3.51. The molecule has 1 aromatic rings. The molecule has 0 heterocycles. The molecule has 1 saturated carbocycles. The van der Waals surface area contributed by atoms with Gasteiger partial charge < -0.3 is 0 Å². The van der Waals surface area contributed by atoms with Crippen LogP contribution in [0.3, 0.4) is 0 Å². The van der Waals surface area contributed by atoms with Gasteiger partial charge in [0.1, 0.15) is 11.6 Å². The molecule has 1 unspecified atom stereocenters. The minimum absolute atomic E-state index is 0.00402. The molecule has 6 heteroatoms. The summed E-state index contributed by atoms with van der Waals surface area (Å²) in [6, 6.07) is 3.35. The van der Waals surface area contributed by atoms with Gasteiger partial charge in [-0.1, -0.05) is 11.6 Å². The van der Waals surface area contributed by atoms with Crippen LogP contribution in [0.2, 0.25) is 5.02 Å². The molecule has 1 aliphatic carbocycles. The highest BCUT2D eigenvalue weighted by atomic mass is 35.5. The first-order valence-electron chi connectivity index (χ1n) is 6.10. The lowest BCUT2D eigenvalue weighted by molar-refractivity contribution is -0.120. The number of ketones is 1. The highest BCUT2D eigenvalue weighted by Gasteiger charge is 2.26. The Morgan fingerprint density at radius 1 is 1.37 bits per heavy atom. The van der Waals surface area contributed by atoms with Crippen molar-refractivity contribution < 1.29 is 17.6 Å². The standard InChI is InChI=1S/C13H14ClFO3S/c14-11-8-10(4-5-12(11)15)19(17,18)7-6-9-2-1-3-13(9)16/h4-5,8-9H,1-3,6-7H2. The predicted octanol–water partition coefficient (Wildman–Crippen LogP) is 3.01. The number of halogens is 2. The third kappa shape index (κ3) is 3.34. The first-order chi connectivity index (χ1) is 8.90. The number of hydrogen-bond acceptors (Lipinski definition) is 3. The van der Waals surface area contributed by atoms with Crippen LogP contribution in [0.25, 0.3) is 0 Å². The van der Waals surface area contributed by atoms with Crippen molar-refractivity contribution >= 4 is 27.2 Å². The molecule has 0 N–H and O–H groups in total. The van der Waals surface area contributed by atoms with Gasteiger partial charge in [0.25, 0.3) is 0 Å². The van der Waals surface area contributed by atoms with Crippen molar-refractivity contribution in [2.24, 2.45) is 5.92 Å². The van der Waals surface area contributed by atoms with Crippen molar-refractivity contribution in [1.29, 1.82) is 0 Å². The predicted molar refractivity (Wildman–Crippen MR) is 70.4 cm³/mol. The Balaban J connectivity index is 2.09. The Kier molecular flexibility index (Phi) is 4.26. The first-order valence-corrected chi connectivity index (χ1v) is 8.14. The van der Waals surface area contributed by atoms with Gasteiger partial charge in [-0.3, -0.25) is 4.79 Å². The summed E-state index contributed by atoms with van der Waals surface area (Å²) in [5.41, 5.74) is 0. The largest absolute Gasteiger partial charge is 0.299 e. The molecule has 0 aromatic heterocycles. The van der Waals surface area contributed by atoms with Gasteiger partial charge in [0.05, 0.1) is 15.7 Å². The highest BCUT2D eigenvalue weighted by molar-refractivity contribution is 7.91. The summed E-state index contributed by atoms with van der Waals surface area (Å²) in [4.78, 5) is 11.5. The third-order valence-electron chi connectivity index (χ3n) is 3.42. The lowest BCUT2D eigenvalue weighted by Crippen LogP contribution is -2.14. The maximum absolute atomic E-state index is 13.0. The average Bonchev–Trinajstić information content (AvgIpc) is 2.76. The summed E-state index contributed by atoms with van der Waals surface area (Å²) in [6.45, 7) is 0. The Labute approximate surface area is 116 Å². The lowest BCUT2D eigenvalue weighted by atomic mass is 10.1. The topological polar surface area (TPSA) is 51.2 Å². The van der Waals surface area contributed by atoms with Crippen molar-refractivity contribution in [3.05, 3.63) is 29.0 Å². The van der Waals surface area contributed by atoms with Crippen LogP contribution >= 0.6 is 11.6 Å². The van der Waals surface area contributed by atoms with Gasteiger partial charge in [-0.25, -0.2) is 12.8 Å². The van der Waals surface area contributed by atoms with E-state index in [-0.39, 0.29) is 27.4 Å². The van der Waals surface area contributed by atoms with Crippen LogP contribution in [0.15, 0.2) is 23.1 Å². The molecular weight excluding hydrogens is 291 g/mol. The lowest BCUT2D eigenvalue weighted by Gasteiger charge is -2.09. The summed E-state index contributed by atoms with van der Waals surface area (Å²) in [5.74, 6) is -0.754. The van der Waals surface area contributed by atoms with Crippen molar-refractivity contribution in [1.82, 2.24) is 0 Å². The van der Waals surface area contributed by atoms with Crippen LogP contribution in [-0.4, -0.2) is 20.0 Å². The SMILES string of the molecule is O=C1CCCC1CCS(=O)(=O)c1ccc(F)c(Cl)c1. The molecule has 104 valence electrons. The van der Waals surface area contributed by atoms with E-state index in [4.69, 9.17) is 11.6 Å². The third-order valence-corrected chi connectivity index (χ3v) is 5.45. The van der Waals surface area contributed by atoms with Crippen LogP contribution in [0.4, 0.5) is 4.39 Å². The summed E-state index contributed by atoms with van der Waals surface area (Å²) >= 11 is 5.58. The second-order valence-electron chi connectivity index (χ2n) is 4.74. The van der Waals surface area contributed by atoms with Gasteiger partial charge in [0.2, 0.25) is 0 Å². The van der Waals surface area contributed by atoms with E-state index in [1.807, 2.05) is 0 Å². The molecule has 1 fully saturated rings. The molecule has 3 nitrogen and oxygen atoms in total. The van der Waals surface area contributed by atoms with Crippen LogP contribution < -0.4 is 0 Å². The molecule has 0 spiro atoms. The molecule has 2 rings (SSSR count). The fourth-order valence-electron chi connectivity index (χ4n) is 2.28. The molecule has 1 atom stereocenters. The first kappa shape index (κ1) is 14.5. The Hall–Kier alpha value is -0.940. The number of hydrogen-bond donors (Lipinski definition) is 0. The molecule has 0 aliphatic heterocycles. The number of carbonyl (C=O) groups is 1. The van der Waals surface area contributed by atoms with Crippen LogP contribution in [0, 0.1) is 11.7 Å². The zero-order valence-electron chi connectivity index (χ0n) is 10.2. The van der Waals surface area contributed by atoms with Gasteiger partial charge in [-0.2, -0.15) is 0 Å². The number of rotatable bonds is 4. The summed E-state index contributed by atoms with van der Waals surface area (Å²) < 4.78 is 37.1. The van der Waals surface area contributed by atoms with Crippen LogP contribution in [-0.2, 0) is 14.6 Å². The van der Waals surface area contributed by atoms with E-state index in [2.05, 4.69) is 0 Å². The van der Waals surface area contributed by atoms with Crippen molar-refractivity contribution in [3.63, 3.8) is 0 Å². The molecule has 1 aliphatic rings. The van der Waals surface area contributed by atoms with Crippen molar-refractivity contribution in [2.45, 2.75) is 30.6 Å². The molecule has 1 aromatic carbocycles. The quantitative estimate of drug-likeness (QED) is 0.803. The smallest absolute Gasteiger partial charge is 0.178 e. The van der Waals surface area contributed by atoms with Gasteiger partial charge in [-0.15, -0.1) is 0 Å². The zero-order valence-corrected chi connectivity index (χ0v) is 11.8. The Morgan fingerprint density at radius 2 is 2.11 bits per heavy atom. The zero-order chi connectivity index (χ0) is 14.0. The Bertz CT molecular complexity index is 598. The van der Waals surface area contributed by atoms with E-state index in [0.29, 0.717) is 12.8 Å². The van der Waals surface area contributed by atoms with Crippen molar-refractivity contribution in [3.8, 4) is 0 Å². The monoisotopic (exact) mass is 304 g/mol. The van der Waals surface area contributed by atoms with E-state index in [1.165, 1.54) is 6.07 Å². The van der Waals surface area contributed by atoms with E-state index in [0.717, 1.165) is 25.0 Å². The van der Waals surface area contributed by atoms with Gasteiger partial charge in [0.15, 0.2) is 9.84 Å². The van der Waals surface area contributed by atoms with E-state index in [1.54, 1.807) is 0 Å². The fourth-order valence-corrected chi connectivity index (χ4v) is 3.93.